The molecule has 2 rings (SSSR count). The molecule has 0 aliphatic rings. The largest absolute Gasteiger partial charge is 0.289 e. The molecule has 0 saturated carbocycles. The number of hydrogen-bond donors (Lipinski definition) is 1. The van der Waals surface area contributed by atoms with Crippen LogP contribution in [0.15, 0.2) is 59.7 Å². The molecule has 106 valence electrons. The Bertz CT molecular complexity index is 663. The first-order chi connectivity index (χ1) is 10.1. The molecule has 0 unspecified atom stereocenters. The molecule has 0 radical (unpaired) electrons. The summed E-state index contributed by atoms with van der Waals surface area (Å²) in [5.41, 5.74) is 2.20. The summed E-state index contributed by atoms with van der Waals surface area (Å²) < 4.78 is 0. The van der Waals surface area contributed by atoms with Crippen molar-refractivity contribution in [2.75, 3.05) is 5.12 Å². The van der Waals surface area contributed by atoms with E-state index in [-0.39, 0.29) is 5.78 Å². The van der Waals surface area contributed by atoms with Gasteiger partial charge in [0.15, 0.2) is 5.78 Å². The van der Waals surface area contributed by atoms with Crippen LogP contribution in [-0.2, 0) is 0 Å². The average molecular weight is 300 g/mol. The summed E-state index contributed by atoms with van der Waals surface area (Å²) in [5, 5.41) is 5.37. The van der Waals surface area contributed by atoms with Crippen LogP contribution in [0.1, 0.15) is 15.9 Å². The van der Waals surface area contributed by atoms with Crippen molar-refractivity contribution in [1.82, 2.24) is 0 Å². The van der Waals surface area contributed by atoms with Crippen LogP contribution in [-0.4, -0.2) is 12.5 Å². The fraction of sp³-hybridized carbons (Fsp3) is 0. The van der Waals surface area contributed by atoms with Crippen molar-refractivity contribution in [3.8, 4) is 0 Å². The zero-order valence-corrected chi connectivity index (χ0v) is 12.0. The highest BCUT2D eigenvalue weighted by Gasteiger charge is 2.01. The Labute approximate surface area is 128 Å². The first-order valence-corrected chi connectivity index (χ1v) is 6.57. The van der Waals surface area contributed by atoms with Crippen LogP contribution in [0.3, 0.4) is 0 Å². The summed E-state index contributed by atoms with van der Waals surface area (Å²) in [6, 6.07) is 14.0. The van der Waals surface area contributed by atoms with E-state index in [0.29, 0.717) is 16.3 Å². The molecule has 0 amide bonds. The Kier molecular flexibility index (Phi) is 4.87. The highest BCUT2D eigenvalue weighted by atomic mass is 35.5. The lowest BCUT2D eigenvalue weighted by Crippen LogP contribution is -2.23. The summed E-state index contributed by atoms with van der Waals surface area (Å²) in [7, 11) is 0. The minimum atomic E-state index is -0.0797. The van der Waals surface area contributed by atoms with Gasteiger partial charge in [-0.3, -0.25) is 4.79 Å². The second-order valence-corrected chi connectivity index (χ2v) is 4.72. The molecular formula is C16H14ClN3O. The van der Waals surface area contributed by atoms with Crippen LogP contribution in [0.4, 0.5) is 5.69 Å². The van der Waals surface area contributed by atoms with E-state index in [1.54, 1.807) is 42.5 Å². The normalized spacial score (nSPS) is 10.6. The fourth-order valence-corrected chi connectivity index (χ4v) is 1.83. The topological polar surface area (TPSA) is 58.7 Å². The Balaban J connectivity index is 2.08. The van der Waals surface area contributed by atoms with Crippen LogP contribution < -0.4 is 11.0 Å². The number of halogens is 1. The second-order valence-electron chi connectivity index (χ2n) is 4.28. The van der Waals surface area contributed by atoms with Gasteiger partial charge in [0.2, 0.25) is 0 Å². The van der Waals surface area contributed by atoms with Crippen LogP contribution in [0, 0.1) is 0 Å². The molecule has 0 aliphatic carbocycles. The highest BCUT2D eigenvalue weighted by molar-refractivity contribution is 6.30. The molecule has 0 aliphatic heterocycles. The molecule has 2 N–H and O–H groups in total. The maximum Gasteiger partial charge on any atom is 0.185 e. The van der Waals surface area contributed by atoms with Gasteiger partial charge >= 0.3 is 0 Å². The van der Waals surface area contributed by atoms with Gasteiger partial charge < -0.3 is 0 Å². The third-order valence-electron chi connectivity index (χ3n) is 2.87. The van der Waals surface area contributed by atoms with Crippen molar-refractivity contribution >= 4 is 35.9 Å². The predicted octanol–water partition coefficient (Wildman–Crippen LogP) is 3.53. The third kappa shape index (κ3) is 4.02. The van der Waals surface area contributed by atoms with E-state index in [9.17, 15) is 4.79 Å². The van der Waals surface area contributed by atoms with Crippen molar-refractivity contribution in [3.63, 3.8) is 0 Å². The van der Waals surface area contributed by atoms with E-state index in [1.807, 2.05) is 12.1 Å². The number of hydrogen-bond acceptors (Lipinski definition) is 4. The Morgan fingerprint density at radius 2 is 1.76 bits per heavy atom. The maximum absolute atomic E-state index is 12.0. The molecule has 0 spiro atoms. The molecule has 5 heteroatoms. The molecule has 21 heavy (non-hydrogen) atoms. The number of carbonyl (C=O) groups excluding carboxylic acids is 1. The van der Waals surface area contributed by atoms with E-state index in [0.717, 1.165) is 5.56 Å². The van der Waals surface area contributed by atoms with Gasteiger partial charge in [0, 0.05) is 17.3 Å². The van der Waals surface area contributed by atoms with Gasteiger partial charge in [-0.2, -0.15) is 5.10 Å². The summed E-state index contributed by atoms with van der Waals surface area (Å²) in [4.78, 5) is 12.0. The fourth-order valence-electron chi connectivity index (χ4n) is 1.70. The van der Waals surface area contributed by atoms with Gasteiger partial charge in [0.05, 0.1) is 5.69 Å². The van der Waals surface area contributed by atoms with E-state index < -0.39 is 0 Å². The molecule has 0 bridgehead atoms. The van der Waals surface area contributed by atoms with E-state index in [2.05, 4.69) is 11.8 Å². The van der Waals surface area contributed by atoms with Gasteiger partial charge in [-0.1, -0.05) is 29.8 Å². The maximum atomic E-state index is 12.0. The number of allylic oxidation sites excluding steroid dienone is 1. The van der Waals surface area contributed by atoms with Gasteiger partial charge in [-0.15, -0.1) is 0 Å². The van der Waals surface area contributed by atoms with Crippen LogP contribution in [0.25, 0.3) is 6.08 Å². The summed E-state index contributed by atoms with van der Waals surface area (Å²) in [5.74, 6) is 5.50. The van der Waals surface area contributed by atoms with Crippen LogP contribution in [0.5, 0.6) is 0 Å². The number of anilines is 1. The van der Waals surface area contributed by atoms with Gasteiger partial charge in [-0.05, 0) is 48.0 Å². The monoisotopic (exact) mass is 299 g/mol. The predicted molar refractivity (Wildman–Crippen MR) is 87.5 cm³/mol. The number of hydrazine groups is 1. The van der Waals surface area contributed by atoms with Gasteiger partial charge in [0.1, 0.15) is 0 Å². The van der Waals surface area contributed by atoms with E-state index in [1.165, 1.54) is 11.2 Å². The van der Waals surface area contributed by atoms with Crippen molar-refractivity contribution in [1.29, 1.82) is 0 Å². The molecule has 0 fully saturated rings. The lowest BCUT2D eigenvalue weighted by atomic mass is 10.1. The zero-order chi connectivity index (χ0) is 15.2. The molecule has 0 saturated heterocycles. The number of rotatable bonds is 5. The van der Waals surface area contributed by atoms with Crippen molar-refractivity contribution in [2.24, 2.45) is 10.9 Å². The number of nitrogens with zero attached hydrogens (tertiary/aromatic N) is 2. The molecule has 2 aromatic carbocycles. The molecule has 0 heterocycles. The highest BCUT2D eigenvalue weighted by Crippen LogP contribution is 2.14. The van der Waals surface area contributed by atoms with Crippen molar-refractivity contribution in [3.05, 3.63) is 70.8 Å². The number of carbonyl (C=O) groups is 1. The van der Waals surface area contributed by atoms with Crippen molar-refractivity contribution < 1.29 is 4.79 Å². The zero-order valence-electron chi connectivity index (χ0n) is 11.2. The SMILES string of the molecule is C=NN(N)c1ccc(/C=C/C(=O)c2ccc(Cl)cc2)cc1. The van der Waals surface area contributed by atoms with Crippen LogP contribution >= 0.6 is 11.6 Å². The number of hydrazone groups is 1. The smallest absolute Gasteiger partial charge is 0.185 e. The molecular weight excluding hydrogens is 286 g/mol. The summed E-state index contributed by atoms with van der Waals surface area (Å²) in [6.45, 7) is 3.34. The van der Waals surface area contributed by atoms with Crippen molar-refractivity contribution in [2.45, 2.75) is 0 Å². The lowest BCUT2D eigenvalue weighted by Gasteiger charge is -2.10. The Morgan fingerprint density at radius 1 is 1.14 bits per heavy atom. The Hall–Kier alpha value is -2.43. The third-order valence-corrected chi connectivity index (χ3v) is 3.12. The van der Waals surface area contributed by atoms with E-state index in [4.69, 9.17) is 17.4 Å². The number of nitrogens with two attached hydrogens (primary N) is 1. The number of benzene rings is 2. The van der Waals surface area contributed by atoms with Gasteiger partial charge in [0.25, 0.3) is 0 Å². The minimum Gasteiger partial charge on any atom is -0.289 e. The average Bonchev–Trinajstić information content (AvgIpc) is 2.53. The van der Waals surface area contributed by atoms with Gasteiger partial charge in [-0.25, -0.2) is 11.0 Å². The first-order valence-electron chi connectivity index (χ1n) is 6.19. The molecule has 0 atom stereocenters. The number of ketones is 1. The first kappa shape index (κ1) is 15.0. The standard InChI is InChI=1S/C16H14ClN3O/c1-19-20(18)15-9-2-12(3-10-15)4-11-16(21)13-5-7-14(17)8-6-13/h2-11H,1,18H2/b11-4+. The lowest BCUT2D eigenvalue weighted by molar-refractivity contribution is 0.104. The molecule has 4 nitrogen and oxygen atoms in total. The van der Waals surface area contributed by atoms with E-state index >= 15 is 0 Å². The minimum absolute atomic E-state index is 0.0797. The summed E-state index contributed by atoms with van der Waals surface area (Å²) in [6.07, 6.45) is 3.26. The summed E-state index contributed by atoms with van der Waals surface area (Å²) >= 11 is 5.79. The van der Waals surface area contributed by atoms with Crippen LogP contribution in [0.2, 0.25) is 5.02 Å². The molecule has 0 aromatic heterocycles. The molecule has 2 aromatic rings. The Morgan fingerprint density at radius 3 is 2.33 bits per heavy atom. The quantitative estimate of drug-likeness (QED) is 0.302. The second kappa shape index (κ2) is 6.83.